The first-order valence-electron chi connectivity index (χ1n) is 7.36. The Morgan fingerprint density at radius 1 is 1.39 bits per heavy atom. The van der Waals surface area contributed by atoms with Crippen molar-refractivity contribution in [3.63, 3.8) is 0 Å². The number of nitrogens with two attached hydrogens (primary N) is 1. The van der Waals surface area contributed by atoms with Crippen LogP contribution in [0.15, 0.2) is 0 Å². The minimum atomic E-state index is -0.569. The van der Waals surface area contributed by atoms with Crippen LogP contribution in [0.4, 0.5) is 0 Å². The highest BCUT2D eigenvalue weighted by Gasteiger charge is 2.39. The van der Waals surface area contributed by atoms with Gasteiger partial charge in [0.15, 0.2) is 0 Å². The predicted octanol–water partition coefficient (Wildman–Crippen LogP) is 0.502. The van der Waals surface area contributed by atoms with Crippen molar-refractivity contribution in [1.29, 1.82) is 0 Å². The molecule has 18 heavy (non-hydrogen) atoms. The third-order valence-corrected chi connectivity index (χ3v) is 5.05. The molecule has 3 atom stereocenters. The van der Waals surface area contributed by atoms with Crippen LogP contribution in [0.1, 0.15) is 32.1 Å². The molecule has 0 amide bonds. The van der Waals surface area contributed by atoms with E-state index in [1.165, 1.54) is 19.5 Å². The SMILES string of the molecule is CN(C)C1CCN(CCC2CCCC2(O)CN)C1. The Labute approximate surface area is 111 Å². The summed E-state index contributed by atoms with van der Waals surface area (Å²) in [5.74, 6) is 0.418. The van der Waals surface area contributed by atoms with Crippen LogP contribution in [0.25, 0.3) is 0 Å². The fraction of sp³-hybridized carbons (Fsp3) is 1.00. The van der Waals surface area contributed by atoms with Crippen LogP contribution in [0, 0.1) is 5.92 Å². The van der Waals surface area contributed by atoms with Gasteiger partial charge in [0.1, 0.15) is 0 Å². The van der Waals surface area contributed by atoms with Gasteiger partial charge in [0.25, 0.3) is 0 Å². The molecule has 1 saturated carbocycles. The third-order valence-electron chi connectivity index (χ3n) is 5.05. The van der Waals surface area contributed by atoms with E-state index in [1.54, 1.807) is 0 Å². The van der Waals surface area contributed by atoms with E-state index in [0.29, 0.717) is 18.5 Å². The molecule has 4 nitrogen and oxygen atoms in total. The molecule has 106 valence electrons. The van der Waals surface area contributed by atoms with E-state index < -0.39 is 5.60 Å². The topological polar surface area (TPSA) is 52.7 Å². The van der Waals surface area contributed by atoms with Gasteiger partial charge < -0.3 is 20.6 Å². The van der Waals surface area contributed by atoms with Gasteiger partial charge in [0.2, 0.25) is 0 Å². The molecule has 1 aliphatic heterocycles. The molecule has 2 aliphatic rings. The molecule has 0 radical (unpaired) electrons. The average Bonchev–Trinajstić information content (AvgIpc) is 2.94. The van der Waals surface area contributed by atoms with Crippen LogP contribution in [-0.4, -0.2) is 66.8 Å². The van der Waals surface area contributed by atoms with E-state index in [1.807, 2.05) is 0 Å². The van der Waals surface area contributed by atoms with E-state index in [0.717, 1.165) is 32.2 Å². The Balaban J connectivity index is 1.76. The number of rotatable bonds is 5. The summed E-state index contributed by atoms with van der Waals surface area (Å²) in [6.45, 7) is 3.94. The van der Waals surface area contributed by atoms with Crippen molar-refractivity contribution in [3.05, 3.63) is 0 Å². The van der Waals surface area contributed by atoms with Crippen molar-refractivity contribution in [2.45, 2.75) is 43.7 Å². The molecule has 0 aromatic carbocycles. The number of nitrogens with zero attached hydrogens (tertiary/aromatic N) is 2. The molecular formula is C14H29N3O. The number of aliphatic hydroxyl groups is 1. The Bertz CT molecular complexity index is 272. The number of hydrogen-bond acceptors (Lipinski definition) is 4. The van der Waals surface area contributed by atoms with Crippen LogP contribution in [0.5, 0.6) is 0 Å². The zero-order chi connectivity index (χ0) is 13.2. The van der Waals surface area contributed by atoms with Crippen LogP contribution < -0.4 is 5.73 Å². The quantitative estimate of drug-likeness (QED) is 0.751. The molecule has 0 aromatic rings. The first kappa shape index (κ1) is 14.3. The maximum Gasteiger partial charge on any atom is 0.0797 e. The van der Waals surface area contributed by atoms with Crippen molar-refractivity contribution in [2.75, 3.05) is 40.3 Å². The fourth-order valence-electron chi connectivity index (χ4n) is 3.58. The molecule has 0 bridgehead atoms. The van der Waals surface area contributed by atoms with Crippen LogP contribution in [-0.2, 0) is 0 Å². The summed E-state index contributed by atoms with van der Waals surface area (Å²) in [6.07, 6.45) is 5.57. The second-order valence-electron chi connectivity index (χ2n) is 6.39. The van der Waals surface area contributed by atoms with Crippen molar-refractivity contribution >= 4 is 0 Å². The van der Waals surface area contributed by atoms with Crippen molar-refractivity contribution in [2.24, 2.45) is 11.7 Å². The lowest BCUT2D eigenvalue weighted by molar-refractivity contribution is 0.00513. The summed E-state index contributed by atoms with van der Waals surface area (Å²) in [7, 11) is 4.33. The molecule has 2 rings (SSSR count). The minimum Gasteiger partial charge on any atom is -0.388 e. The Kier molecular flexibility index (Phi) is 4.64. The molecule has 1 saturated heterocycles. The summed E-state index contributed by atoms with van der Waals surface area (Å²) < 4.78 is 0. The summed E-state index contributed by atoms with van der Waals surface area (Å²) in [4.78, 5) is 4.87. The molecule has 0 aromatic heterocycles. The van der Waals surface area contributed by atoms with Gasteiger partial charge in [-0.1, -0.05) is 6.42 Å². The Morgan fingerprint density at radius 2 is 2.17 bits per heavy atom. The highest BCUT2D eigenvalue weighted by Crippen LogP contribution is 2.37. The van der Waals surface area contributed by atoms with Gasteiger partial charge in [0.05, 0.1) is 5.60 Å². The molecule has 4 heteroatoms. The number of hydrogen-bond donors (Lipinski definition) is 2. The van der Waals surface area contributed by atoms with Gasteiger partial charge >= 0.3 is 0 Å². The largest absolute Gasteiger partial charge is 0.388 e. The summed E-state index contributed by atoms with van der Waals surface area (Å²) >= 11 is 0. The van der Waals surface area contributed by atoms with Gasteiger partial charge in [-0.05, 0) is 58.8 Å². The molecule has 3 N–H and O–H groups in total. The highest BCUT2D eigenvalue weighted by atomic mass is 16.3. The fourth-order valence-corrected chi connectivity index (χ4v) is 3.58. The van der Waals surface area contributed by atoms with Crippen LogP contribution in [0.2, 0.25) is 0 Å². The first-order chi connectivity index (χ1) is 8.55. The second kappa shape index (κ2) is 5.87. The van der Waals surface area contributed by atoms with Gasteiger partial charge in [-0.3, -0.25) is 0 Å². The lowest BCUT2D eigenvalue weighted by Crippen LogP contribution is -2.42. The predicted molar refractivity (Wildman–Crippen MR) is 74.5 cm³/mol. The normalized spacial score (nSPS) is 37.8. The lowest BCUT2D eigenvalue weighted by atomic mass is 9.88. The zero-order valence-corrected chi connectivity index (χ0v) is 11.9. The Morgan fingerprint density at radius 3 is 2.78 bits per heavy atom. The van der Waals surface area contributed by atoms with Crippen LogP contribution >= 0.6 is 0 Å². The molecule has 1 aliphatic carbocycles. The van der Waals surface area contributed by atoms with Gasteiger partial charge in [-0.15, -0.1) is 0 Å². The summed E-state index contributed by atoms with van der Waals surface area (Å²) in [5.41, 5.74) is 5.16. The van der Waals surface area contributed by atoms with Crippen molar-refractivity contribution < 1.29 is 5.11 Å². The maximum atomic E-state index is 10.4. The first-order valence-corrected chi connectivity index (χ1v) is 7.36. The lowest BCUT2D eigenvalue weighted by Gasteiger charge is -2.30. The van der Waals surface area contributed by atoms with E-state index in [-0.39, 0.29) is 0 Å². The smallest absolute Gasteiger partial charge is 0.0797 e. The number of likely N-dealkylation sites (tertiary alicyclic amines) is 1. The molecule has 1 heterocycles. The molecular weight excluding hydrogens is 226 g/mol. The maximum absolute atomic E-state index is 10.4. The second-order valence-corrected chi connectivity index (χ2v) is 6.39. The van der Waals surface area contributed by atoms with Gasteiger partial charge in [-0.25, -0.2) is 0 Å². The van der Waals surface area contributed by atoms with Gasteiger partial charge in [0, 0.05) is 19.1 Å². The minimum absolute atomic E-state index is 0.418. The molecule has 2 fully saturated rings. The molecule has 0 spiro atoms. The Hall–Kier alpha value is -0.160. The van der Waals surface area contributed by atoms with Gasteiger partial charge in [-0.2, -0.15) is 0 Å². The van der Waals surface area contributed by atoms with Crippen LogP contribution in [0.3, 0.4) is 0 Å². The molecule has 3 unspecified atom stereocenters. The van der Waals surface area contributed by atoms with Crippen molar-refractivity contribution in [3.8, 4) is 0 Å². The zero-order valence-electron chi connectivity index (χ0n) is 11.9. The van der Waals surface area contributed by atoms with E-state index in [4.69, 9.17) is 5.73 Å². The van der Waals surface area contributed by atoms with E-state index in [9.17, 15) is 5.11 Å². The summed E-state index contributed by atoms with van der Waals surface area (Å²) in [5, 5.41) is 10.4. The van der Waals surface area contributed by atoms with E-state index in [2.05, 4.69) is 23.9 Å². The monoisotopic (exact) mass is 255 g/mol. The third kappa shape index (κ3) is 3.05. The number of likely N-dealkylation sites (N-methyl/N-ethyl adjacent to an activating group) is 1. The van der Waals surface area contributed by atoms with E-state index >= 15 is 0 Å². The van der Waals surface area contributed by atoms with Crippen molar-refractivity contribution in [1.82, 2.24) is 9.80 Å². The average molecular weight is 255 g/mol. The summed E-state index contributed by atoms with van der Waals surface area (Å²) in [6, 6.07) is 0.710. The standard InChI is InChI=1S/C14H29N3O/c1-16(2)13-6-9-17(10-13)8-5-12-4-3-7-14(12,18)11-15/h12-13,18H,3-11,15H2,1-2H3. The highest BCUT2D eigenvalue weighted by molar-refractivity contribution is 4.93.